The van der Waals surface area contributed by atoms with Crippen molar-refractivity contribution in [2.75, 3.05) is 13.7 Å². The highest BCUT2D eigenvalue weighted by molar-refractivity contribution is 5.43. The summed E-state index contributed by atoms with van der Waals surface area (Å²) < 4.78 is 24.8. The number of nitrogens with zero attached hydrogens (tertiary/aromatic N) is 1. The minimum absolute atomic E-state index is 0.00193. The summed E-state index contributed by atoms with van der Waals surface area (Å²) >= 11 is 0. The molecular formula is C17H22FNO2. The molecule has 1 unspecified atom stereocenters. The summed E-state index contributed by atoms with van der Waals surface area (Å²) in [5.41, 5.74) is -0.0341. The number of nitriles is 1. The second-order valence-electron chi connectivity index (χ2n) is 5.56. The SMILES string of the molecule is COC(COc1cccc(F)c1C#N)C1CCCCCC1. The molecule has 0 heterocycles. The smallest absolute Gasteiger partial charge is 0.144 e. The molecule has 0 N–H and O–H groups in total. The Bertz CT molecular complexity index is 490. The fraction of sp³-hybridized carbons (Fsp3) is 0.588. The van der Waals surface area contributed by atoms with E-state index in [9.17, 15) is 4.39 Å². The van der Waals surface area contributed by atoms with Crippen molar-refractivity contribution in [2.45, 2.75) is 44.6 Å². The second-order valence-corrected chi connectivity index (χ2v) is 5.56. The second kappa shape index (κ2) is 7.99. The number of methoxy groups -OCH3 is 1. The quantitative estimate of drug-likeness (QED) is 0.768. The third-order valence-electron chi connectivity index (χ3n) is 4.22. The molecule has 0 spiro atoms. The van der Waals surface area contributed by atoms with Crippen LogP contribution in [0.25, 0.3) is 0 Å². The van der Waals surface area contributed by atoms with Gasteiger partial charge in [-0.2, -0.15) is 5.26 Å². The molecular weight excluding hydrogens is 269 g/mol. The van der Waals surface area contributed by atoms with Crippen molar-refractivity contribution >= 4 is 0 Å². The lowest BCUT2D eigenvalue weighted by molar-refractivity contribution is 0.0102. The molecule has 3 nitrogen and oxygen atoms in total. The monoisotopic (exact) mass is 291 g/mol. The summed E-state index contributed by atoms with van der Waals surface area (Å²) in [6.45, 7) is 0.360. The number of halogens is 1. The maximum absolute atomic E-state index is 13.5. The van der Waals surface area contributed by atoms with Crippen LogP contribution in [0.5, 0.6) is 5.75 Å². The van der Waals surface area contributed by atoms with Gasteiger partial charge in [0.05, 0.1) is 6.10 Å². The first-order valence-electron chi connectivity index (χ1n) is 7.60. The molecule has 0 saturated heterocycles. The first-order chi connectivity index (χ1) is 10.3. The lowest BCUT2D eigenvalue weighted by atomic mass is 9.94. The van der Waals surface area contributed by atoms with Crippen LogP contribution in [0.4, 0.5) is 4.39 Å². The predicted octanol–water partition coefficient (Wildman–Crippen LogP) is 4.06. The van der Waals surface area contributed by atoms with Crippen LogP contribution in [0.1, 0.15) is 44.1 Å². The fourth-order valence-corrected chi connectivity index (χ4v) is 2.98. The van der Waals surface area contributed by atoms with Gasteiger partial charge in [0.15, 0.2) is 0 Å². The number of rotatable bonds is 5. The summed E-state index contributed by atoms with van der Waals surface area (Å²) in [6.07, 6.45) is 7.33. The van der Waals surface area contributed by atoms with Crippen molar-refractivity contribution in [2.24, 2.45) is 5.92 Å². The van der Waals surface area contributed by atoms with E-state index in [1.165, 1.54) is 31.7 Å². The fourth-order valence-electron chi connectivity index (χ4n) is 2.98. The molecule has 0 bridgehead atoms. The minimum atomic E-state index is -0.543. The van der Waals surface area contributed by atoms with E-state index in [-0.39, 0.29) is 11.7 Å². The molecule has 1 aromatic rings. The zero-order valence-corrected chi connectivity index (χ0v) is 12.5. The summed E-state index contributed by atoms with van der Waals surface area (Å²) in [5, 5.41) is 9.01. The molecule has 0 aliphatic heterocycles. The van der Waals surface area contributed by atoms with E-state index < -0.39 is 5.82 Å². The van der Waals surface area contributed by atoms with Crippen LogP contribution >= 0.6 is 0 Å². The van der Waals surface area contributed by atoms with Crippen molar-refractivity contribution in [3.05, 3.63) is 29.6 Å². The van der Waals surface area contributed by atoms with Gasteiger partial charge < -0.3 is 9.47 Å². The van der Waals surface area contributed by atoms with E-state index in [1.807, 2.05) is 6.07 Å². The molecule has 0 radical (unpaired) electrons. The van der Waals surface area contributed by atoms with Crippen molar-refractivity contribution < 1.29 is 13.9 Å². The standard InChI is InChI=1S/C17H22FNO2/c1-20-17(13-7-4-2-3-5-8-13)12-21-16-10-6-9-15(18)14(16)11-19/h6,9-10,13,17H,2-5,7-8,12H2,1H3. The maximum atomic E-state index is 13.5. The minimum Gasteiger partial charge on any atom is -0.489 e. The van der Waals surface area contributed by atoms with E-state index >= 15 is 0 Å². The van der Waals surface area contributed by atoms with Crippen LogP contribution in [-0.4, -0.2) is 19.8 Å². The van der Waals surface area contributed by atoms with E-state index in [0.29, 0.717) is 18.3 Å². The maximum Gasteiger partial charge on any atom is 0.144 e. The Morgan fingerprint density at radius 2 is 2.00 bits per heavy atom. The lowest BCUT2D eigenvalue weighted by Crippen LogP contribution is -2.29. The predicted molar refractivity (Wildman–Crippen MR) is 78.6 cm³/mol. The first-order valence-corrected chi connectivity index (χ1v) is 7.60. The third kappa shape index (κ3) is 4.18. The normalized spacial score (nSPS) is 17.8. The molecule has 1 aliphatic carbocycles. The average molecular weight is 291 g/mol. The highest BCUT2D eigenvalue weighted by Gasteiger charge is 2.23. The van der Waals surface area contributed by atoms with Gasteiger partial charge >= 0.3 is 0 Å². The lowest BCUT2D eigenvalue weighted by Gasteiger charge is -2.25. The van der Waals surface area contributed by atoms with E-state index in [4.69, 9.17) is 14.7 Å². The van der Waals surface area contributed by atoms with Crippen molar-refractivity contribution in [1.82, 2.24) is 0 Å². The average Bonchev–Trinajstić information content (AvgIpc) is 2.77. The van der Waals surface area contributed by atoms with Gasteiger partial charge in [0.25, 0.3) is 0 Å². The zero-order valence-electron chi connectivity index (χ0n) is 12.5. The number of benzene rings is 1. The Morgan fingerprint density at radius 1 is 1.29 bits per heavy atom. The van der Waals surface area contributed by atoms with Crippen LogP contribution in [0.2, 0.25) is 0 Å². The molecule has 4 heteroatoms. The molecule has 1 aliphatic rings. The molecule has 1 aromatic carbocycles. The van der Waals surface area contributed by atoms with Gasteiger partial charge in [0.1, 0.15) is 29.8 Å². The molecule has 0 aromatic heterocycles. The molecule has 114 valence electrons. The van der Waals surface area contributed by atoms with Crippen LogP contribution in [-0.2, 0) is 4.74 Å². The topological polar surface area (TPSA) is 42.2 Å². The van der Waals surface area contributed by atoms with Gasteiger partial charge in [-0.3, -0.25) is 0 Å². The molecule has 2 rings (SSSR count). The molecule has 21 heavy (non-hydrogen) atoms. The van der Waals surface area contributed by atoms with Crippen LogP contribution in [0, 0.1) is 23.1 Å². The van der Waals surface area contributed by atoms with E-state index in [1.54, 1.807) is 19.2 Å². The van der Waals surface area contributed by atoms with Gasteiger partial charge in [-0.05, 0) is 30.9 Å². The number of ether oxygens (including phenoxy) is 2. The van der Waals surface area contributed by atoms with Gasteiger partial charge in [-0.15, -0.1) is 0 Å². The summed E-state index contributed by atoms with van der Waals surface area (Å²) in [7, 11) is 1.69. The molecule has 1 fully saturated rings. The number of hydrogen-bond donors (Lipinski definition) is 0. The van der Waals surface area contributed by atoms with Gasteiger partial charge in [-0.1, -0.05) is 31.7 Å². The summed E-state index contributed by atoms with van der Waals surface area (Å²) in [5.74, 6) is 0.239. The van der Waals surface area contributed by atoms with E-state index in [0.717, 1.165) is 12.8 Å². The number of hydrogen-bond acceptors (Lipinski definition) is 3. The van der Waals surface area contributed by atoms with Crippen LogP contribution in [0.15, 0.2) is 18.2 Å². The van der Waals surface area contributed by atoms with Crippen LogP contribution in [0.3, 0.4) is 0 Å². The Kier molecular flexibility index (Phi) is 6.01. The highest BCUT2D eigenvalue weighted by Crippen LogP contribution is 2.28. The summed E-state index contributed by atoms with van der Waals surface area (Å²) in [6, 6.07) is 6.30. The van der Waals surface area contributed by atoms with Crippen molar-refractivity contribution in [1.29, 1.82) is 5.26 Å². The van der Waals surface area contributed by atoms with Crippen LogP contribution < -0.4 is 4.74 Å². The Balaban J connectivity index is 2.00. The molecule has 1 atom stereocenters. The van der Waals surface area contributed by atoms with Gasteiger partial charge in [0, 0.05) is 7.11 Å². The van der Waals surface area contributed by atoms with E-state index in [2.05, 4.69) is 0 Å². The zero-order chi connectivity index (χ0) is 15.1. The largest absolute Gasteiger partial charge is 0.489 e. The Morgan fingerprint density at radius 3 is 2.62 bits per heavy atom. The highest BCUT2D eigenvalue weighted by atomic mass is 19.1. The molecule has 1 saturated carbocycles. The Hall–Kier alpha value is -1.60. The third-order valence-corrected chi connectivity index (χ3v) is 4.22. The van der Waals surface area contributed by atoms with Crippen molar-refractivity contribution in [3.8, 4) is 11.8 Å². The van der Waals surface area contributed by atoms with Crippen molar-refractivity contribution in [3.63, 3.8) is 0 Å². The Labute approximate surface area is 125 Å². The first kappa shape index (κ1) is 15.8. The summed E-state index contributed by atoms with van der Waals surface area (Å²) in [4.78, 5) is 0. The molecule has 0 amide bonds. The van der Waals surface area contributed by atoms with Gasteiger partial charge in [0.2, 0.25) is 0 Å². The van der Waals surface area contributed by atoms with Gasteiger partial charge in [-0.25, -0.2) is 4.39 Å².